The predicted octanol–water partition coefficient (Wildman–Crippen LogP) is 2.56. The first-order valence-corrected chi connectivity index (χ1v) is 6.18. The summed E-state index contributed by atoms with van der Waals surface area (Å²) in [5, 5.41) is 8.75. The SMILES string of the molecule is CCN(Cc1cccc(N)c1)c1ccc(C#N)nc1. The fourth-order valence-electron chi connectivity index (χ4n) is 1.94. The lowest BCUT2D eigenvalue weighted by atomic mass is 10.2. The first-order chi connectivity index (χ1) is 9.22. The average Bonchev–Trinajstić information content (AvgIpc) is 2.45. The minimum absolute atomic E-state index is 0.434. The first-order valence-electron chi connectivity index (χ1n) is 6.18. The van der Waals surface area contributed by atoms with Crippen molar-refractivity contribution in [2.75, 3.05) is 17.2 Å². The van der Waals surface area contributed by atoms with E-state index in [0.29, 0.717) is 5.69 Å². The highest BCUT2D eigenvalue weighted by Gasteiger charge is 2.06. The summed E-state index contributed by atoms with van der Waals surface area (Å²) < 4.78 is 0. The van der Waals surface area contributed by atoms with Crippen molar-refractivity contribution >= 4 is 11.4 Å². The van der Waals surface area contributed by atoms with Crippen LogP contribution >= 0.6 is 0 Å². The molecule has 0 saturated heterocycles. The highest BCUT2D eigenvalue weighted by atomic mass is 15.1. The molecule has 0 spiro atoms. The molecule has 2 aromatic rings. The van der Waals surface area contributed by atoms with Crippen molar-refractivity contribution in [3.63, 3.8) is 0 Å². The van der Waals surface area contributed by atoms with Crippen molar-refractivity contribution in [2.45, 2.75) is 13.5 Å². The minimum atomic E-state index is 0.434. The zero-order valence-corrected chi connectivity index (χ0v) is 10.9. The molecule has 0 aliphatic heterocycles. The molecule has 4 heteroatoms. The van der Waals surface area contributed by atoms with Gasteiger partial charge in [0.15, 0.2) is 0 Å². The zero-order valence-electron chi connectivity index (χ0n) is 10.9. The lowest BCUT2D eigenvalue weighted by Gasteiger charge is -2.23. The Balaban J connectivity index is 2.18. The van der Waals surface area contributed by atoms with Gasteiger partial charge in [-0.3, -0.25) is 0 Å². The van der Waals surface area contributed by atoms with Gasteiger partial charge < -0.3 is 10.6 Å². The van der Waals surface area contributed by atoms with Gasteiger partial charge in [-0.2, -0.15) is 5.26 Å². The molecule has 0 atom stereocenters. The van der Waals surface area contributed by atoms with Crippen LogP contribution in [0.3, 0.4) is 0 Å². The van der Waals surface area contributed by atoms with Gasteiger partial charge in [0, 0.05) is 18.8 Å². The molecule has 19 heavy (non-hydrogen) atoms. The average molecular weight is 252 g/mol. The fraction of sp³-hybridized carbons (Fsp3) is 0.200. The van der Waals surface area contributed by atoms with E-state index in [2.05, 4.69) is 22.9 Å². The quantitative estimate of drug-likeness (QED) is 0.849. The van der Waals surface area contributed by atoms with Crippen LogP contribution in [0.15, 0.2) is 42.6 Å². The van der Waals surface area contributed by atoms with Crippen molar-refractivity contribution < 1.29 is 0 Å². The summed E-state index contributed by atoms with van der Waals surface area (Å²) in [6, 6.07) is 13.5. The van der Waals surface area contributed by atoms with E-state index in [-0.39, 0.29) is 0 Å². The Morgan fingerprint density at radius 3 is 2.74 bits per heavy atom. The maximum atomic E-state index is 8.75. The maximum absolute atomic E-state index is 8.75. The van der Waals surface area contributed by atoms with E-state index in [9.17, 15) is 0 Å². The summed E-state index contributed by atoms with van der Waals surface area (Å²) in [7, 11) is 0. The number of nitrogens with two attached hydrogens (primary N) is 1. The molecule has 0 amide bonds. The van der Waals surface area contributed by atoms with Gasteiger partial charge in [-0.1, -0.05) is 12.1 Å². The van der Waals surface area contributed by atoms with Crippen LogP contribution < -0.4 is 10.6 Å². The number of nitriles is 1. The number of anilines is 2. The van der Waals surface area contributed by atoms with Gasteiger partial charge in [0.05, 0.1) is 11.9 Å². The van der Waals surface area contributed by atoms with Crippen LogP contribution in [-0.4, -0.2) is 11.5 Å². The third kappa shape index (κ3) is 3.23. The number of rotatable bonds is 4. The molecule has 2 rings (SSSR count). The monoisotopic (exact) mass is 252 g/mol. The van der Waals surface area contributed by atoms with E-state index in [4.69, 9.17) is 11.0 Å². The number of pyridine rings is 1. The molecule has 0 saturated carbocycles. The second-order valence-electron chi connectivity index (χ2n) is 4.27. The molecule has 96 valence electrons. The normalized spacial score (nSPS) is 9.89. The Bertz CT molecular complexity index is 584. The third-order valence-electron chi connectivity index (χ3n) is 2.93. The van der Waals surface area contributed by atoms with Crippen molar-refractivity contribution in [1.82, 2.24) is 4.98 Å². The van der Waals surface area contributed by atoms with E-state index >= 15 is 0 Å². The largest absolute Gasteiger partial charge is 0.399 e. The van der Waals surface area contributed by atoms with E-state index in [1.165, 1.54) is 0 Å². The van der Waals surface area contributed by atoms with Gasteiger partial charge in [-0.25, -0.2) is 4.98 Å². The van der Waals surface area contributed by atoms with Crippen LogP contribution in [0.2, 0.25) is 0 Å². The zero-order chi connectivity index (χ0) is 13.7. The van der Waals surface area contributed by atoms with Gasteiger partial charge in [0.25, 0.3) is 0 Å². The minimum Gasteiger partial charge on any atom is -0.399 e. The number of hydrogen-bond donors (Lipinski definition) is 1. The fourth-order valence-corrected chi connectivity index (χ4v) is 1.94. The van der Waals surface area contributed by atoms with Gasteiger partial charge in [0.1, 0.15) is 11.8 Å². The number of aromatic nitrogens is 1. The van der Waals surface area contributed by atoms with E-state index in [1.807, 2.05) is 30.3 Å². The molecule has 1 heterocycles. The predicted molar refractivity (Wildman–Crippen MR) is 76.5 cm³/mol. The van der Waals surface area contributed by atoms with E-state index in [0.717, 1.165) is 30.0 Å². The maximum Gasteiger partial charge on any atom is 0.140 e. The van der Waals surface area contributed by atoms with Gasteiger partial charge in [-0.05, 0) is 36.8 Å². The smallest absolute Gasteiger partial charge is 0.140 e. The molecule has 0 aliphatic carbocycles. The topological polar surface area (TPSA) is 65.9 Å². The van der Waals surface area contributed by atoms with Crippen LogP contribution in [0.5, 0.6) is 0 Å². The van der Waals surface area contributed by atoms with Gasteiger partial charge in [-0.15, -0.1) is 0 Å². The Hall–Kier alpha value is -2.54. The molecule has 0 fully saturated rings. The molecule has 0 unspecified atom stereocenters. The molecule has 0 radical (unpaired) electrons. The Kier molecular flexibility index (Phi) is 3.99. The highest BCUT2D eigenvalue weighted by molar-refractivity contribution is 5.48. The molecule has 2 N–H and O–H groups in total. The second kappa shape index (κ2) is 5.87. The summed E-state index contributed by atoms with van der Waals surface area (Å²) in [5.41, 5.74) is 9.15. The van der Waals surface area contributed by atoms with Crippen LogP contribution in [-0.2, 0) is 6.54 Å². The van der Waals surface area contributed by atoms with Crippen molar-refractivity contribution in [3.05, 3.63) is 53.9 Å². The van der Waals surface area contributed by atoms with Crippen molar-refractivity contribution in [3.8, 4) is 6.07 Å². The van der Waals surface area contributed by atoms with E-state index in [1.54, 1.807) is 12.3 Å². The Morgan fingerprint density at radius 2 is 2.16 bits per heavy atom. The summed E-state index contributed by atoms with van der Waals surface area (Å²) >= 11 is 0. The third-order valence-corrected chi connectivity index (χ3v) is 2.93. The molecular weight excluding hydrogens is 236 g/mol. The number of hydrogen-bond acceptors (Lipinski definition) is 4. The van der Waals surface area contributed by atoms with Crippen LogP contribution in [0.1, 0.15) is 18.2 Å². The molecule has 1 aromatic carbocycles. The Morgan fingerprint density at radius 1 is 1.32 bits per heavy atom. The molecular formula is C15H16N4. The highest BCUT2D eigenvalue weighted by Crippen LogP contribution is 2.17. The Labute approximate surface area is 113 Å². The van der Waals surface area contributed by atoms with E-state index < -0.39 is 0 Å². The molecule has 1 aromatic heterocycles. The van der Waals surface area contributed by atoms with Crippen molar-refractivity contribution in [2.24, 2.45) is 0 Å². The molecule has 0 bridgehead atoms. The van der Waals surface area contributed by atoms with Gasteiger partial charge >= 0.3 is 0 Å². The number of nitrogen functional groups attached to an aromatic ring is 1. The lowest BCUT2D eigenvalue weighted by Crippen LogP contribution is -2.22. The molecule has 0 aliphatic rings. The number of benzene rings is 1. The van der Waals surface area contributed by atoms with Crippen LogP contribution in [0, 0.1) is 11.3 Å². The van der Waals surface area contributed by atoms with Crippen molar-refractivity contribution in [1.29, 1.82) is 5.26 Å². The molecule has 4 nitrogen and oxygen atoms in total. The second-order valence-corrected chi connectivity index (χ2v) is 4.27. The van der Waals surface area contributed by atoms with Crippen LogP contribution in [0.25, 0.3) is 0 Å². The lowest BCUT2D eigenvalue weighted by molar-refractivity contribution is 0.828. The van der Waals surface area contributed by atoms with Gasteiger partial charge in [0.2, 0.25) is 0 Å². The summed E-state index contributed by atoms with van der Waals surface area (Å²) in [6.45, 7) is 3.72. The summed E-state index contributed by atoms with van der Waals surface area (Å²) in [4.78, 5) is 6.28. The first kappa shape index (κ1) is 12.9. The van der Waals surface area contributed by atoms with Crippen LogP contribution in [0.4, 0.5) is 11.4 Å². The standard InChI is InChI=1S/C15H16N4/c1-2-19(11-12-4-3-5-13(17)8-12)15-7-6-14(9-16)18-10-15/h3-8,10H,2,11,17H2,1H3. The number of nitrogens with zero attached hydrogens (tertiary/aromatic N) is 3. The summed E-state index contributed by atoms with van der Waals surface area (Å²) in [5.74, 6) is 0. The summed E-state index contributed by atoms with van der Waals surface area (Å²) in [6.07, 6.45) is 1.73.